The average Bonchev–Trinajstić information content (AvgIpc) is 2.69. The highest BCUT2D eigenvalue weighted by Gasteiger charge is 2.29. The molecule has 2 nitrogen and oxygen atoms in total. The molecular formula is C8H14O2. The number of aliphatic hydroxyl groups excluding tert-OH is 1. The molecule has 58 valence electrons. The monoisotopic (exact) mass is 142 g/mol. The van der Waals surface area contributed by atoms with E-state index in [2.05, 4.69) is 6.58 Å². The van der Waals surface area contributed by atoms with Crippen molar-refractivity contribution in [2.45, 2.75) is 18.9 Å². The van der Waals surface area contributed by atoms with E-state index in [4.69, 9.17) is 4.74 Å². The van der Waals surface area contributed by atoms with Crippen molar-refractivity contribution >= 4 is 0 Å². The Morgan fingerprint density at radius 3 is 2.90 bits per heavy atom. The summed E-state index contributed by atoms with van der Waals surface area (Å²) in [6, 6.07) is 0. The van der Waals surface area contributed by atoms with Gasteiger partial charge in [-0.25, -0.2) is 0 Å². The third-order valence-corrected chi connectivity index (χ3v) is 1.69. The Hall–Kier alpha value is -0.340. The van der Waals surface area contributed by atoms with E-state index in [1.54, 1.807) is 6.08 Å². The van der Waals surface area contributed by atoms with Gasteiger partial charge >= 0.3 is 0 Å². The van der Waals surface area contributed by atoms with Gasteiger partial charge in [-0.2, -0.15) is 0 Å². The maximum Gasteiger partial charge on any atom is 0.0801 e. The van der Waals surface area contributed by atoms with Gasteiger partial charge < -0.3 is 9.84 Å². The van der Waals surface area contributed by atoms with E-state index in [-0.39, 0.29) is 6.10 Å². The van der Waals surface area contributed by atoms with Gasteiger partial charge in [0.1, 0.15) is 0 Å². The molecule has 0 bridgehead atoms. The molecule has 1 N–H and O–H groups in total. The van der Waals surface area contributed by atoms with E-state index >= 15 is 0 Å². The van der Waals surface area contributed by atoms with Gasteiger partial charge in [-0.1, -0.05) is 6.08 Å². The standard InChI is InChI=1S/C8H14O2/c1-2-5-10-6-8(9)7-3-4-7/h2,7-9H,1,3-6H2. The van der Waals surface area contributed by atoms with E-state index in [0.29, 0.717) is 19.1 Å². The van der Waals surface area contributed by atoms with Crippen molar-refractivity contribution in [3.63, 3.8) is 0 Å². The molecule has 1 saturated carbocycles. The minimum absolute atomic E-state index is 0.236. The number of ether oxygens (including phenoxy) is 1. The lowest BCUT2D eigenvalue weighted by atomic mass is 10.2. The highest BCUT2D eigenvalue weighted by molar-refractivity contribution is 4.80. The van der Waals surface area contributed by atoms with Crippen molar-refractivity contribution in [1.29, 1.82) is 0 Å². The van der Waals surface area contributed by atoms with Crippen LogP contribution in [0.2, 0.25) is 0 Å². The van der Waals surface area contributed by atoms with Gasteiger partial charge in [-0.05, 0) is 18.8 Å². The molecule has 0 aromatic heterocycles. The van der Waals surface area contributed by atoms with Crippen LogP contribution in [0.1, 0.15) is 12.8 Å². The zero-order valence-electron chi connectivity index (χ0n) is 6.12. The smallest absolute Gasteiger partial charge is 0.0801 e. The van der Waals surface area contributed by atoms with Crippen LogP contribution in [0.5, 0.6) is 0 Å². The number of rotatable bonds is 5. The first kappa shape index (κ1) is 7.76. The number of hydrogen-bond acceptors (Lipinski definition) is 2. The quantitative estimate of drug-likeness (QED) is 0.457. The van der Waals surface area contributed by atoms with Crippen LogP contribution in [0.25, 0.3) is 0 Å². The fourth-order valence-electron chi connectivity index (χ4n) is 0.889. The van der Waals surface area contributed by atoms with Crippen molar-refractivity contribution in [3.05, 3.63) is 12.7 Å². The van der Waals surface area contributed by atoms with E-state index in [1.165, 1.54) is 12.8 Å². The van der Waals surface area contributed by atoms with Crippen molar-refractivity contribution in [2.75, 3.05) is 13.2 Å². The van der Waals surface area contributed by atoms with E-state index in [1.807, 2.05) is 0 Å². The molecule has 0 saturated heterocycles. The molecule has 0 aromatic carbocycles. The minimum Gasteiger partial charge on any atom is -0.390 e. The van der Waals surface area contributed by atoms with Gasteiger partial charge in [0.25, 0.3) is 0 Å². The van der Waals surface area contributed by atoms with E-state index in [9.17, 15) is 5.11 Å². The number of aliphatic hydroxyl groups is 1. The topological polar surface area (TPSA) is 29.5 Å². The molecule has 10 heavy (non-hydrogen) atoms. The molecule has 1 unspecified atom stereocenters. The fourth-order valence-corrected chi connectivity index (χ4v) is 0.889. The van der Waals surface area contributed by atoms with E-state index < -0.39 is 0 Å². The maximum atomic E-state index is 9.26. The molecule has 0 amide bonds. The molecule has 1 atom stereocenters. The molecular weight excluding hydrogens is 128 g/mol. The predicted octanol–water partition coefficient (Wildman–Crippen LogP) is 0.960. The summed E-state index contributed by atoms with van der Waals surface area (Å²) >= 11 is 0. The lowest BCUT2D eigenvalue weighted by molar-refractivity contribution is 0.0369. The first-order valence-corrected chi connectivity index (χ1v) is 3.71. The Morgan fingerprint density at radius 2 is 2.40 bits per heavy atom. The van der Waals surface area contributed by atoms with Crippen molar-refractivity contribution in [1.82, 2.24) is 0 Å². The Bertz CT molecular complexity index is 108. The van der Waals surface area contributed by atoms with Gasteiger partial charge in [-0.3, -0.25) is 0 Å². The molecule has 0 aliphatic heterocycles. The number of hydrogen-bond donors (Lipinski definition) is 1. The van der Waals surface area contributed by atoms with Gasteiger partial charge in [0, 0.05) is 0 Å². The Balaban J connectivity index is 1.95. The zero-order valence-corrected chi connectivity index (χ0v) is 6.12. The highest BCUT2D eigenvalue weighted by Crippen LogP contribution is 2.32. The summed E-state index contributed by atoms with van der Waals surface area (Å²) in [5, 5.41) is 9.26. The zero-order chi connectivity index (χ0) is 7.40. The summed E-state index contributed by atoms with van der Waals surface area (Å²) in [4.78, 5) is 0. The molecule has 1 aliphatic carbocycles. The molecule has 0 spiro atoms. The van der Waals surface area contributed by atoms with Crippen LogP contribution in [0.15, 0.2) is 12.7 Å². The summed E-state index contributed by atoms with van der Waals surface area (Å²) in [5.41, 5.74) is 0. The van der Waals surface area contributed by atoms with E-state index in [0.717, 1.165) is 0 Å². The fraction of sp³-hybridized carbons (Fsp3) is 0.750. The summed E-state index contributed by atoms with van der Waals surface area (Å²) in [5.74, 6) is 0.518. The molecule has 1 rings (SSSR count). The van der Waals surface area contributed by atoms with Crippen LogP contribution in [-0.4, -0.2) is 24.4 Å². The van der Waals surface area contributed by atoms with Crippen LogP contribution < -0.4 is 0 Å². The summed E-state index contributed by atoms with van der Waals surface area (Å²) in [6.07, 6.45) is 3.79. The predicted molar refractivity (Wildman–Crippen MR) is 39.7 cm³/mol. The average molecular weight is 142 g/mol. The molecule has 1 aliphatic rings. The first-order valence-electron chi connectivity index (χ1n) is 3.71. The lowest BCUT2D eigenvalue weighted by Gasteiger charge is -2.07. The van der Waals surface area contributed by atoms with Crippen LogP contribution >= 0.6 is 0 Å². The van der Waals surface area contributed by atoms with Gasteiger partial charge in [0.15, 0.2) is 0 Å². The largest absolute Gasteiger partial charge is 0.390 e. The summed E-state index contributed by atoms with van der Waals surface area (Å²) in [7, 11) is 0. The molecule has 0 heterocycles. The third-order valence-electron chi connectivity index (χ3n) is 1.69. The first-order chi connectivity index (χ1) is 4.84. The molecule has 2 heteroatoms. The minimum atomic E-state index is -0.236. The van der Waals surface area contributed by atoms with Crippen LogP contribution in [-0.2, 0) is 4.74 Å². The second kappa shape index (κ2) is 3.74. The van der Waals surface area contributed by atoms with Crippen molar-refractivity contribution < 1.29 is 9.84 Å². The van der Waals surface area contributed by atoms with Gasteiger partial charge in [0.05, 0.1) is 19.3 Å². The summed E-state index contributed by atoms with van der Waals surface area (Å²) in [6.45, 7) is 4.53. The Kier molecular flexibility index (Phi) is 2.90. The van der Waals surface area contributed by atoms with Gasteiger partial charge in [-0.15, -0.1) is 6.58 Å². The molecule has 0 radical (unpaired) electrons. The van der Waals surface area contributed by atoms with Crippen LogP contribution in [0, 0.1) is 5.92 Å². The molecule has 0 aromatic rings. The van der Waals surface area contributed by atoms with Crippen LogP contribution in [0.3, 0.4) is 0 Å². The van der Waals surface area contributed by atoms with Crippen molar-refractivity contribution in [2.24, 2.45) is 5.92 Å². The summed E-state index contributed by atoms with van der Waals surface area (Å²) < 4.78 is 5.08. The maximum absolute atomic E-state index is 9.26. The second-order valence-electron chi connectivity index (χ2n) is 2.73. The highest BCUT2D eigenvalue weighted by atomic mass is 16.5. The third kappa shape index (κ3) is 2.50. The van der Waals surface area contributed by atoms with Crippen LogP contribution in [0.4, 0.5) is 0 Å². The second-order valence-corrected chi connectivity index (χ2v) is 2.73. The lowest BCUT2D eigenvalue weighted by Crippen LogP contribution is -2.17. The molecule has 1 fully saturated rings. The Morgan fingerprint density at radius 1 is 1.70 bits per heavy atom. The normalized spacial score (nSPS) is 20.5. The Labute approximate surface area is 61.5 Å². The van der Waals surface area contributed by atoms with Gasteiger partial charge in [0.2, 0.25) is 0 Å². The SMILES string of the molecule is C=CCOCC(O)C1CC1. The van der Waals surface area contributed by atoms with Crippen molar-refractivity contribution in [3.8, 4) is 0 Å².